The summed E-state index contributed by atoms with van der Waals surface area (Å²) < 4.78 is 13.1. The van der Waals surface area contributed by atoms with Crippen molar-refractivity contribution in [2.24, 2.45) is 0 Å². The highest BCUT2D eigenvalue weighted by Gasteiger charge is 2.15. The number of halogens is 1. The Bertz CT molecular complexity index is 1190. The number of nitrogens with zero attached hydrogens (tertiary/aromatic N) is 2. The van der Waals surface area contributed by atoms with Gasteiger partial charge in [-0.3, -0.25) is 0 Å². The molecule has 156 valence electrons. The van der Waals surface area contributed by atoms with Gasteiger partial charge in [0, 0.05) is 16.8 Å². The van der Waals surface area contributed by atoms with Crippen LogP contribution in [0.4, 0.5) is 0 Å². The van der Waals surface area contributed by atoms with E-state index in [9.17, 15) is 4.79 Å². The molecule has 0 saturated heterocycles. The third-order valence-corrected chi connectivity index (χ3v) is 4.90. The van der Waals surface area contributed by atoms with Crippen LogP contribution < -0.4 is 4.74 Å². The largest absolute Gasteiger partial charge is 0.488 e. The van der Waals surface area contributed by atoms with Crippen LogP contribution in [0.3, 0.4) is 0 Å². The number of aromatic nitrogens is 2. The maximum absolute atomic E-state index is 12.1. The van der Waals surface area contributed by atoms with Crippen LogP contribution in [0.5, 0.6) is 5.75 Å². The molecule has 0 aliphatic heterocycles. The first-order valence-electron chi connectivity index (χ1n) is 9.94. The van der Waals surface area contributed by atoms with Crippen LogP contribution >= 0.6 is 11.6 Å². The van der Waals surface area contributed by atoms with Gasteiger partial charge in [-0.05, 0) is 55.0 Å². The topological polar surface area (TPSA) is 53.4 Å². The Morgan fingerprint density at radius 3 is 2.65 bits per heavy atom. The van der Waals surface area contributed by atoms with Crippen molar-refractivity contribution in [1.82, 2.24) is 9.55 Å². The van der Waals surface area contributed by atoms with Crippen LogP contribution in [-0.4, -0.2) is 22.1 Å². The zero-order valence-electron chi connectivity index (χ0n) is 17.0. The summed E-state index contributed by atoms with van der Waals surface area (Å²) in [7, 11) is 0. The number of hydrogen-bond donors (Lipinski definition) is 0. The molecular weight excluding hydrogens is 412 g/mol. The summed E-state index contributed by atoms with van der Waals surface area (Å²) in [6.07, 6.45) is 1.88. The second-order valence-electron chi connectivity index (χ2n) is 6.78. The smallest absolute Gasteiger partial charge is 0.356 e. The first-order valence-corrected chi connectivity index (χ1v) is 10.3. The van der Waals surface area contributed by atoms with Crippen LogP contribution in [0.25, 0.3) is 17.1 Å². The molecule has 2 heterocycles. The van der Waals surface area contributed by atoms with E-state index in [2.05, 4.69) is 4.98 Å². The number of carbonyl (C=O) groups excluding carboxylic acids is 1. The molecule has 4 aromatic rings. The van der Waals surface area contributed by atoms with Gasteiger partial charge in [0.25, 0.3) is 0 Å². The molecule has 31 heavy (non-hydrogen) atoms. The molecule has 4 rings (SSSR count). The third-order valence-electron chi connectivity index (χ3n) is 4.67. The second-order valence-corrected chi connectivity index (χ2v) is 7.22. The Balaban J connectivity index is 1.69. The number of esters is 1. The Morgan fingerprint density at radius 2 is 1.84 bits per heavy atom. The molecule has 0 N–H and O–H groups in total. The number of pyridine rings is 1. The van der Waals surface area contributed by atoms with Gasteiger partial charge in [0.15, 0.2) is 5.69 Å². The number of rotatable bonds is 7. The fourth-order valence-corrected chi connectivity index (χ4v) is 3.41. The normalized spacial score (nSPS) is 10.6. The summed E-state index contributed by atoms with van der Waals surface area (Å²) in [6, 6.07) is 24.6. The molecule has 0 aliphatic rings. The summed E-state index contributed by atoms with van der Waals surface area (Å²) in [5.74, 6) is 0.849. The van der Waals surface area contributed by atoms with E-state index in [4.69, 9.17) is 21.1 Å². The van der Waals surface area contributed by atoms with Crippen LogP contribution in [0.2, 0.25) is 5.02 Å². The fourth-order valence-electron chi connectivity index (χ4n) is 3.24. The predicted octanol–water partition coefficient (Wildman–Crippen LogP) is 5.95. The maximum Gasteiger partial charge on any atom is 0.356 e. The van der Waals surface area contributed by atoms with E-state index in [-0.39, 0.29) is 5.69 Å². The minimum Gasteiger partial charge on any atom is -0.488 e. The molecule has 0 saturated carbocycles. The van der Waals surface area contributed by atoms with Gasteiger partial charge in [-0.15, -0.1) is 0 Å². The Labute approximate surface area is 185 Å². The summed E-state index contributed by atoms with van der Waals surface area (Å²) in [5.41, 5.74) is 3.00. The molecule has 6 heteroatoms. The molecule has 2 aromatic carbocycles. The maximum atomic E-state index is 12.1. The van der Waals surface area contributed by atoms with E-state index in [1.54, 1.807) is 25.1 Å². The molecule has 5 nitrogen and oxygen atoms in total. The number of benzene rings is 2. The highest BCUT2D eigenvalue weighted by atomic mass is 35.5. The summed E-state index contributed by atoms with van der Waals surface area (Å²) in [4.78, 5) is 16.6. The molecule has 0 bridgehead atoms. The summed E-state index contributed by atoms with van der Waals surface area (Å²) in [6.45, 7) is 2.50. The lowest BCUT2D eigenvalue weighted by molar-refractivity contribution is 0.0519. The zero-order chi connectivity index (χ0) is 21.6. The van der Waals surface area contributed by atoms with E-state index in [1.807, 2.05) is 71.4 Å². The van der Waals surface area contributed by atoms with Crippen molar-refractivity contribution < 1.29 is 14.3 Å². The number of ether oxygens (including phenoxy) is 2. The first-order chi connectivity index (χ1) is 15.2. The average Bonchev–Trinajstić information content (AvgIpc) is 3.29. The van der Waals surface area contributed by atoms with Gasteiger partial charge < -0.3 is 14.0 Å². The highest BCUT2D eigenvalue weighted by molar-refractivity contribution is 6.31. The van der Waals surface area contributed by atoms with Gasteiger partial charge in [-0.2, -0.15) is 0 Å². The highest BCUT2D eigenvalue weighted by Crippen LogP contribution is 2.34. The third kappa shape index (κ3) is 4.78. The van der Waals surface area contributed by atoms with Crippen molar-refractivity contribution in [1.29, 1.82) is 0 Å². The van der Waals surface area contributed by atoms with E-state index in [0.717, 1.165) is 16.8 Å². The van der Waals surface area contributed by atoms with Crippen molar-refractivity contribution in [2.75, 3.05) is 6.61 Å². The zero-order valence-corrected chi connectivity index (χ0v) is 17.8. The minimum absolute atomic E-state index is 0.255. The van der Waals surface area contributed by atoms with Gasteiger partial charge in [-0.1, -0.05) is 48.0 Å². The van der Waals surface area contributed by atoms with Crippen molar-refractivity contribution in [3.63, 3.8) is 0 Å². The summed E-state index contributed by atoms with van der Waals surface area (Å²) in [5, 5.41) is 0.600. The van der Waals surface area contributed by atoms with Crippen molar-refractivity contribution >= 4 is 17.6 Å². The molecule has 0 radical (unpaired) electrons. The van der Waals surface area contributed by atoms with Gasteiger partial charge in [-0.25, -0.2) is 9.78 Å². The van der Waals surface area contributed by atoms with Gasteiger partial charge in [0.05, 0.1) is 12.3 Å². The van der Waals surface area contributed by atoms with E-state index in [1.165, 1.54) is 0 Å². The minimum atomic E-state index is -0.451. The van der Waals surface area contributed by atoms with Gasteiger partial charge >= 0.3 is 5.97 Å². The van der Waals surface area contributed by atoms with Crippen molar-refractivity contribution in [2.45, 2.75) is 13.5 Å². The van der Waals surface area contributed by atoms with Crippen LogP contribution in [0, 0.1) is 0 Å². The Kier molecular flexibility index (Phi) is 6.34. The monoisotopic (exact) mass is 432 g/mol. The Hall–Kier alpha value is -3.57. The molecule has 0 aliphatic carbocycles. The SMILES string of the molecule is CCOC(=O)c1cccc(-n2cccc2-c2cc(Cl)ccc2OCc2ccccc2)n1. The number of carbonyl (C=O) groups is 1. The van der Waals surface area contributed by atoms with Crippen molar-refractivity contribution in [3.8, 4) is 22.8 Å². The lowest BCUT2D eigenvalue weighted by atomic mass is 10.1. The standard InChI is InChI=1S/C25H21ClN2O3/c1-2-30-25(29)21-10-6-12-24(27-21)28-15-7-11-22(28)20-16-19(26)13-14-23(20)31-17-18-8-4-3-5-9-18/h3-16H,2,17H2,1H3. The van der Waals surface area contributed by atoms with E-state index >= 15 is 0 Å². The molecule has 0 atom stereocenters. The van der Waals surface area contributed by atoms with Gasteiger partial charge in [0.1, 0.15) is 18.2 Å². The van der Waals surface area contributed by atoms with Crippen molar-refractivity contribution in [3.05, 3.63) is 101 Å². The van der Waals surface area contributed by atoms with Gasteiger partial charge in [0.2, 0.25) is 0 Å². The lowest BCUT2D eigenvalue weighted by Gasteiger charge is -2.15. The molecule has 0 fully saturated rings. The first kappa shape index (κ1) is 20.7. The molecule has 0 spiro atoms. The van der Waals surface area contributed by atoms with Crippen LogP contribution in [0.15, 0.2) is 85.1 Å². The fraction of sp³-hybridized carbons (Fsp3) is 0.120. The van der Waals surface area contributed by atoms with Crippen LogP contribution in [-0.2, 0) is 11.3 Å². The van der Waals surface area contributed by atoms with E-state index < -0.39 is 5.97 Å². The number of hydrogen-bond acceptors (Lipinski definition) is 4. The predicted molar refractivity (Wildman–Crippen MR) is 121 cm³/mol. The molecular formula is C25H21ClN2O3. The molecule has 2 aromatic heterocycles. The Morgan fingerprint density at radius 1 is 1.00 bits per heavy atom. The lowest BCUT2D eigenvalue weighted by Crippen LogP contribution is -2.09. The molecule has 0 amide bonds. The summed E-state index contributed by atoms with van der Waals surface area (Å²) >= 11 is 6.31. The van der Waals surface area contributed by atoms with Crippen LogP contribution in [0.1, 0.15) is 23.0 Å². The second kappa shape index (κ2) is 9.49. The quantitative estimate of drug-likeness (QED) is 0.339. The molecule has 0 unspecified atom stereocenters. The average molecular weight is 433 g/mol. The van der Waals surface area contributed by atoms with E-state index in [0.29, 0.717) is 29.8 Å².